The number of ether oxygens (including phenoxy) is 1. The van der Waals surface area contributed by atoms with Crippen molar-refractivity contribution in [3.8, 4) is 17.3 Å². The summed E-state index contributed by atoms with van der Waals surface area (Å²) in [5.41, 5.74) is 3.02. The topological polar surface area (TPSA) is 75.0 Å². The molecule has 0 saturated carbocycles. The molecule has 30 heavy (non-hydrogen) atoms. The maximum atomic E-state index is 13.1. The van der Waals surface area contributed by atoms with Crippen LogP contribution in [-0.2, 0) is 4.74 Å². The van der Waals surface area contributed by atoms with Crippen molar-refractivity contribution < 1.29 is 13.9 Å². The zero-order valence-electron chi connectivity index (χ0n) is 16.6. The van der Waals surface area contributed by atoms with Gasteiger partial charge in [0, 0.05) is 22.8 Å². The fourth-order valence-corrected chi connectivity index (χ4v) is 3.27. The molecule has 1 heterocycles. The van der Waals surface area contributed by atoms with Crippen LogP contribution in [-0.4, -0.2) is 17.6 Å². The third-order valence-electron chi connectivity index (χ3n) is 4.05. The lowest BCUT2D eigenvalue weighted by Crippen LogP contribution is -2.10. The van der Waals surface area contributed by atoms with Crippen LogP contribution >= 0.6 is 11.3 Å². The third-order valence-corrected chi connectivity index (χ3v) is 4.92. The van der Waals surface area contributed by atoms with Crippen molar-refractivity contribution in [3.63, 3.8) is 0 Å². The molecule has 0 radical (unpaired) electrons. The average molecular weight is 421 g/mol. The maximum Gasteiger partial charge on any atom is 0.338 e. The Morgan fingerprint density at radius 3 is 2.57 bits per heavy atom. The highest BCUT2D eigenvalue weighted by Crippen LogP contribution is 2.26. The number of hydrogen-bond donors (Lipinski definition) is 1. The highest BCUT2D eigenvalue weighted by molar-refractivity contribution is 7.11. The number of thiazole rings is 1. The summed E-state index contributed by atoms with van der Waals surface area (Å²) in [6.07, 6.45) is 1.57. The van der Waals surface area contributed by atoms with Gasteiger partial charge in [-0.15, -0.1) is 11.3 Å². The van der Waals surface area contributed by atoms with Gasteiger partial charge in [0.25, 0.3) is 0 Å². The largest absolute Gasteiger partial charge is 0.462 e. The number of allylic oxidation sites excluding steroid dienone is 1. The van der Waals surface area contributed by atoms with E-state index in [1.54, 1.807) is 42.6 Å². The van der Waals surface area contributed by atoms with Gasteiger partial charge < -0.3 is 10.1 Å². The minimum absolute atomic E-state index is 0.277. The molecule has 7 heteroatoms. The van der Waals surface area contributed by atoms with Gasteiger partial charge in [0.15, 0.2) is 0 Å². The van der Waals surface area contributed by atoms with E-state index in [2.05, 4.69) is 16.4 Å². The molecule has 5 nitrogen and oxygen atoms in total. The Hall–Kier alpha value is -3.50. The van der Waals surface area contributed by atoms with Gasteiger partial charge in [-0.1, -0.05) is 13.8 Å². The number of halogens is 1. The summed E-state index contributed by atoms with van der Waals surface area (Å²) in [5.74, 6) is -0.395. The van der Waals surface area contributed by atoms with E-state index in [1.807, 2.05) is 19.2 Å². The van der Waals surface area contributed by atoms with Crippen molar-refractivity contribution in [2.24, 2.45) is 5.92 Å². The molecular formula is C23H20FN3O2S. The number of carbonyl (C=O) groups excluding carboxylic acids is 1. The van der Waals surface area contributed by atoms with E-state index in [9.17, 15) is 14.4 Å². The van der Waals surface area contributed by atoms with E-state index in [4.69, 9.17) is 4.74 Å². The van der Waals surface area contributed by atoms with E-state index < -0.39 is 0 Å². The molecule has 2 aromatic carbocycles. The number of benzene rings is 2. The van der Waals surface area contributed by atoms with Gasteiger partial charge in [0.05, 0.1) is 17.9 Å². The van der Waals surface area contributed by atoms with Crippen LogP contribution in [0.15, 0.2) is 60.1 Å². The van der Waals surface area contributed by atoms with Gasteiger partial charge >= 0.3 is 5.97 Å². The Bertz CT molecular complexity index is 1080. The van der Waals surface area contributed by atoms with Crippen LogP contribution in [0.5, 0.6) is 0 Å². The number of anilines is 1. The fourth-order valence-electron chi connectivity index (χ4n) is 2.48. The summed E-state index contributed by atoms with van der Waals surface area (Å²) in [6.45, 7) is 4.33. The lowest BCUT2D eigenvalue weighted by atomic mass is 10.2. The minimum atomic E-state index is -0.361. The Kier molecular flexibility index (Phi) is 6.94. The second kappa shape index (κ2) is 9.81. The van der Waals surface area contributed by atoms with Crippen LogP contribution in [0, 0.1) is 23.1 Å². The minimum Gasteiger partial charge on any atom is -0.462 e. The smallest absolute Gasteiger partial charge is 0.338 e. The van der Waals surface area contributed by atoms with Crippen LogP contribution in [0.25, 0.3) is 16.8 Å². The second-order valence-corrected chi connectivity index (χ2v) is 7.79. The number of aromatic nitrogens is 1. The molecule has 0 fully saturated rings. The molecule has 0 bridgehead atoms. The molecule has 152 valence electrons. The van der Waals surface area contributed by atoms with E-state index in [0.29, 0.717) is 28.4 Å². The second-order valence-electron chi connectivity index (χ2n) is 6.93. The molecule has 0 amide bonds. The molecule has 0 aliphatic heterocycles. The number of rotatable bonds is 7. The number of nitrogens with zero attached hydrogens (tertiary/aromatic N) is 2. The lowest BCUT2D eigenvalue weighted by molar-refractivity contribution is 0.0459. The molecule has 3 aromatic rings. The third kappa shape index (κ3) is 5.52. The van der Waals surface area contributed by atoms with Crippen molar-refractivity contribution in [1.82, 2.24) is 4.98 Å². The van der Waals surface area contributed by atoms with Crippen LogP contribution < -0.4 is 5.32 Å². The Morgan fingerprint density at radius 2 is 1.93 bits per heavy atom. The number of carbonyl (C=O) groups is 1. The maximum absolute atomic E-state index is 13.1. The average Bonchev–Trinajstić information content (AvgIpc) is 3.23. The van der Waals surface area contributed by atoms with Crippen molar-refractivity contribution in [2.45, 2.75) is 13.8 Å². The summed E-state index contributed by atoms with van der Waals surface area (Å²) < 4.78 is 18.3. The summed E-state index contributed by atoms with van der Waals surface area (Å²) in [7, 11) is 0. The molecule has 0 spiro atoms. The van der Waals surface area contributed by atoms with Crippen molar-refractivity contribution in [1.29, 1.82) is 5.26 Å². The van der Waals surface area contributed by atoms with E-state index >= 15 is 0 Å². The molecule has 0 saturated heterocycles. The first-order valence-corrected chi connectivity index (χ1v) is 10.2. The van der Waals surface area contributed by atoms with E-state index in [0.717, 1.165) is 11.3 Å². The molecule has 1 N–H and O–H groups in total. The predicted octanol–water partition coefficient (Wildman–Crippen LogP) is 5.74. The lowest BCUT2D eigenvalue weighted by Gasteiger charge is -2.07. The summed E-state index contributed by atoms with van der Waals surface area (Å²) in [4.78, 5) is 16.4. The molecule has 0 atom stereocenters. The highest BCUT2D eigenvalue weighted by atomic mass is 32.1. The van der Waals surface area contributed by atoms with Gasteiger partial charge in [0.1, 0.15) is 22.5 Å². The van der Waals surface area contributed by atoms with Gasteiger partial charge in [-0.05, 0) is 54.4 Å². The first kappa shape index (κ1) is 21.2. The zero-order valence-corrected chi connectivity index (χ0v) is 17.4. The first-order valence-electron chi connectivity index (χ1n) is 9.32. The van der Waals surface area contributed by atoms with Crippen LogP contribution in [0.4, 0.5) is 10.1 Å². The molecule has 1 aromatic heterocycles. The van der Waals surface area contributed by atoms with Crippen molar-refractivity contribution >= 4 is 28.6 Å². The fraction of sp³-hybridized carbons (Fsp3) is 0.174. The van der Waals surface area contributed by atoms with Gasteiger partial charge in [0.2, 0.25) is 0 Å². The normalized spacial score (nSPS) is 11.2. The SMILES string of the molecule is CC(C)COC(=O)c1ccc(NC=C(C#N)c2nc(-c3ccc(F)cc3)cs2)cc1. The highest BCUT2D eigenvalue weighted by Gasteiger charge is 2.10. The van der Waals surface area contributed by atoms with Crippen molar-refractivity contribution in [3.05, 3.63) is 76.5 Å². The summed E-state index contributed by atoms with van der Waals surface area (Å²) in [5, 5.41) is 14.9. The summed E-state index contributed by atoms with van der Waals surface area (Å²) >= 11 is 1.33. The number of nitrogens with one attached hydrogen (secondary N) is 1. The Balaban J connectivity index is 1.68. The van der Waals surface area contributed by atoms with E-state index in [-0.39, 0.29) is 17.7 Å². The molecule has 0 aliphatic rings. The van der Waals surface area contributed by atoms with Crippen LogP contribution in [0.2, 0.25) is 0 Å². The van der Waals surface area contributed by atoms with Crippen molar-refractivity contribution in [2.75, 3.05) is 11.9 Å². The van der Waals surface area contributed by atoms with Crippen LogP contribution in [0.1, 0.15) is 29.2 Å². The first-order chi connectivity index (χ1) is 14.5. The molecule has 3 rings (SSSR count). The number of nitriles is 1. The molecule has 0 aliphatic carbocycles. The quantitative estimate of drug-likeness (QED) is 0.389. The van der Waals surface area contributed by atoms with Gasteiger partial charge in [-0.25, -0.2) is 14.2 Å². The number of esters is 1. The zero-order chi connectivity index (χ0) is 21.5. The number of hydrogen-bond acceptors (Lipinski definition) is 6. The molecular weight excluding hydrogens is 401 g/mol. The monoisotopic (exact) mass is 421 g/mol. The molecule has 0 unspecified atom stereocenters. The van der Waals surface area contributed by atoms with Gasteiger partial charge in [-0.2, -0.15) is 5.26 Å². The Labute approximate surface area is 178 Å². The van der Waals surface area contributed by atoms with E-state index in [1.165, 1.54) is 23.5 Å². The van der Waals surface area contributed by atoms with Gasteiger partial charge in [-0.3, -0.25) is 0 Å². The standard InChI is InChI=1S/C23H20FN3O2S/c1-15(2)13-29-23(28)17-5-9-20(10-6-17)26-12-18(11-25)22-27-21(14-30-22)16-3-7-19(24)8-4-16/h3-10,12,14-15,26H,13H2,1-2H3. The Morgan fingerprint density at radius 1 is 1.23 bits per heavy atom. The predicted molar refractivity (Wildman–Crippen MR) is 116 cm³/mol. The summed E-state index contributed by atoms with van der Waals surface area (Å²) in [6, 6.07) is 15.0. The van der Waals surface area contributed by atoms with Crippen LogP contribution in [0.3, 0.4) is 0 Å².